The number of rotatable bonds is 5. The first-order valence-corrected chi connectivity index (χ1v) is 9.23. The van der Waals surface area contributed by atoms with Gasteiger partial charge >= 0.3 is 0 Å². The van der Waals surface area contributed by atoms with E-state index in [1.165, 1.54) is 11.4 Å². The minimum atomic E-state index is -3.61. The van der Waals surface area contributed by atoms with Gasteiger partial charge in [-0.15, -0.1) is 0 Å². The number of sulfonamides is 1. The summed E-state index contributed by atoms with van der Waals surface area (Å²) < 4.78 is 31.7. The molecule has 130 valence electrons. The van der Waals surface area contributed by atoms with Crippen LogP contribution in [0.4, 0.5) is 0 Å². The number of benzene rings is 2. The fraction of sp³-hybridized carbons (Fsp3) is 0.222. The maximum absolute atomic E-state index is 12.6. The second-order valence-electron chi connectivity index (χ2n) is 5.90. The Labute approximate surface area is 147 Å². The van der Waals surface area contributed by atoms with Crippen molar-refractivity contribution in [2.24, 2.45) is 0 Å². The Balaban J connectivity index is 1.81. The van der Waals surface area contributed by atoms with Crippen LogP contribution in [0, 0.1) is 13.8 Å². The van der Waals surface area contributed by atoms with Gasteiger partial charge in [-0.05, 0) is 31.5 Å². The lowest BCUT2D eigenvalue weighted by Gasteiger charge is -2.15. The molecule has 7 heteroatoms. The Morgan fingerprint density at radius 2 is 1.72 bits per heavy atom. The Morgan fingerprint density at radius 1 is 1.04 bits per heavy atom. The second-order valence-corrected chi connectivity index (χ2v) is 7.95. The summed E-state index contributed by atoms with van der Waals surface area (Å²) in [5.74, 6) is 0.700. The highest BCUT2D eigenvalue weighted by atomic mass is 32.2. The van der Waals surface area contributed by atoms with Crippen LogP contribution in [-0.4, -0.2) is 29.9 Å². The van der Waals surface area contributed by atoms with Gasteiger partial charge in [0, 0.05) is 12.6 Å². The van der Waals surface area contributed by atoms with Gasteiger partial charge in [0.1, 0.15) is 0 Å². The monoisotopic (exact) mass is 357 g/mol. The summed E-state index contributed by atoms with van der Waals surface area (Å²) in [6.07, 6.45) is 0. The van der Waals surface area contributed by atoms with Crippen LogP contribution in [0.25, 0.3) is 11.4 Å². The third kappa shape index (κ3) is 3.62. The van der Waals surface area contributed by atoms with Crippen molar-refractivity contribution in [3.63, 3.8) is 0 Å². The van der Waals surface area contributed by atoms with Crippen molar-refractivity contribution in [2.75, 3.05) is 7.05 Å². The SMILES string of the molecule is Cc1ccc(S(=O)(=O)N(C)Cc2nc(-c3ccccc3C)no2)cc1. The average Bonchev–Trinajstić information content (AvgIpc) is 3.04. The summed E-state index contributed by atoms with van der Waals surface area (Å²) >= 11 is 0. The first-order valence-electron chi connectivity index (χ1n) is 7.79. The Kier molecular flexibility index (Phi) is 4.69. The molecule has 0 N–H and O–H groups in total. The third-order valence-corrected chi connectivity index (χ3v) is 5.76. The van der Waals surface area contributed by atoms with Crippen LogP contribution in [0.2, 0.25) is 0 Å². The minimum absolute atomic E-state index is 0.00902. The topological polar surface area (TPSA) is 76.3 Å². The standard InChI is InChI=1S/C18H19N3O3S/c1-13-8-10-15(11-9-13)25(22,23)21(3)12-17-19-18(20-24-17)16-7-5-4-6-14(16)2/h4-11H,12H2,1-3H3. The fourth-order valence-electron chi connectivity index (χ4n) is 2.42. The zero-order valence-corrected chi connectivity index (χ0v) is 15.1. The van der Waals surface area contributed by atoms with Gasteiger partial charge in [-0.25, -0.2) is 8.42 Å². The number of aryl methyl sites for hydroxylation is 2. The normalized spacial score (nSPS) is 11.8. The molecular weight excluding hydrogens is 338 g/mol. The molecule has 0 fully saturated rings. The highest BCUT2D eigenvalue weighted by molar-refractivity contribution is 7.89. The van der Waals surface area contributed by atoms with Crippen LogP contribution >= 0.6 is 0 Å². The summed E-state index contributed by atoms with van der Waals surface area (Å²) in [7, 11) is -2.12. The lowest BCUT2D eigenvalue weighted by molar-refractivity contribution is 0.337. The molecule has 0 aliphatic rings. The summed E-state index contributed by atoms with van der Waals surface area (Å²) in [6.45, 7) is 3.88. The predicted molar refractivity (Wildman–Crippen MR) is 94.3 cm³/mol. The van der Waals surface area contributed by atoms with E-state index < -0.39 is 10.0 Å². The van der Waals surface area contributed by atoms with Crippen LogP contribution in [-0.2, 0) is 16.6 Å². The first kappa shape index (κ1) is 17.3. The van der Waals surface area contributed by atoms with Crippen molar-refractivity contribution < 1.29 is 12.9 Å². The third-order valence-electron chi connectivity index (χ3n) is 3.94. The van der Waals surface area contributed by atoms with E-state index >= 15 is 0 Å². The summed E-state index contributed by atoms with van der Waals surface area (Å²) in [5.41, 5.74) is 2.89. The van der Waals surface area contributed by atoms with E-state index in [1.807, 2.05) is 38.1 Å². The average molecular weight is 357 g/mol. The Morgan fingerprint density at radius 3 is 2.40 bits per heavy atom. The van der Waals surface area contributed by atoms with Crippen LogP contribution in [0.5, 0.6) is 0 Å². The van der Waals surface area contributed by atoms with Gasteiger partial charge in [-0.3, -0.25) is 0 Å². The molecule has 25 heavy (non-hydrogen) atoms. The molecule has 0 radical (unpaired) electrons. The lowest BCUT2D eigenvalue weighted by atomic mass is 10.1. The second kappa shape index (κ2) is 6.78. The van der Waals surface area contributed by atoms with E-state index in [0.29, 0.717) is 5.82 Å². The molecular formula is C18H19N3O3S. The van der Waals surface area contributed by atoms with Crippen molar-refractivity contribution in [1.82, 2.24) is 14.4 Å². The summed E-state index contributed by atoms with van der Waals surface area (Å²) in [5, 5.41) is 3.96. The minimum Gasteiger partial charge on any atom is -0.338 e. The highest BCUT2D eigenvalue weighted by Crippen LogP contribution is 2.21. The van der Waals surface area contributed by atoms with Gasteiger partial charge in [-0.1, -0.05) is 47.1 Å². The molecule has 0 aliphatic carbocycles. The largest absolute Gasteiger partial charge is 0.338 e. The summed E-state index contributed by atoms with van der Waals surface area (Å²) in [6, 6.07) is 14.4. The molecule has 0 atom stereocenters. The van der Waals surface area contributed by atoms with E-state index in [-0.39, 0.29) is 17.3 Å². The molecule has 3 aromatic rings. The molecule has 2 aromatic carbocycles. The molecule has 0 amide bonds. The molecule has 0 saturated heterocycles. The predicted octanol–water partition coefficient (Wildman–Crippen LogP) is 3.17. The zero-order chi connectivity index (χ0) is 18.0. The highest BCUT2D eigenvalue weighted by Gasteiger charge is 2.23. The van der Waals surface area contributed by atoms with Gasteiger partial charge in [0.15, 0.2) is 0 Å². The lowest BCUT2D eigenvalue weighted by Crippen LogP contribution is -2.26. The molecule has 0 spiro atoms. The van der Waals surface area contributed by atoms with Gasteiger partial charge in [-0.2, -0.15) is 9.29 Å². The smallest absolute Gasteiger partial charge is 0.243 e. The molecule has 1 aromatic heterocycles. The van der Waals surface area contributed by atoms with Gasteiger partial charge in [0.25, 0.3) is 0 Å². The van der Waals surface area contributed by atoms with Crippen molar-refractivity contribution in [3.05, 3.63) is 65.5 Å². The van der Waals surface area contributed by atoms with Crippen LogP contribution in [0.1, 0.15) is 17.0 Å². The number of nitrogens with zero attached hydrogens (tertiary/aromatic N) is 3. The van der Waals surface area contributed by atoms with Crippen molar-refractivity contribution in [2.45, 2.75) is 25.3 Å². The molecule has 0 bridgehead atoms. The molecule has 0 saturated carbocycles. The van der Waals surface area contributed by atoms with Gasteiger partial charge in [0.2, 0.25) is 21.7 Å². The van der Waals surface area contributed by atoms with Crippen LogP contribution < -0.4 is 0 Å². The van der Waals surface area contributed by atoms with Crippen LogP contribution in [0.3, 0.4) is 0 Å². The van der Waals surface area contributed by atoms with E-state index in [4.69, 9.17) is 4.52 Å². The molecule has 3 rings (SSSR count). The molecule has 1 heterocycles. The maximum Gasteiger partial charge on any atom is 0.243 e. The van der Waals surface area contributed by atoms with Crippen molar-refractivity contribution in [3.8, 4) is 11.4 Å². The number of hydrogen-bond donors (Lipinski definition) is 0. The Bertz CT molecular complexity index is 979. The molecule has 0 unspecified atom stereocenters. The van der Waals surface area contributed by atoms with E-state index in [1.54, 1.807) is 24.3 Å². The fourth-order valence-corrected chi connectivity index (χ4v) is 3.54. The van der Waals surface area contributed by atoms with Gasteiger partial charge in [0.05, 0.1) is 11.4 Å². The summed E-state index contributed by atoms with van der Waals surface area (Å²) in [4.78, 5) is 4.55. The maximum atomic E-state index is 12.6. The molecule has 0 aliphatic heterocycles. The first-order chi connectivity index (χ1) is 11.9. The van der Waals surface area contributed by atoms with E-state index in [2.05, 4.69) is 10.1 Å². The van der Waals surface area contributed by atoms with Crippen molar-refractivity contribution in [1.29, 1.82) is 0 Å². The Hall–Kier alpha value is -2.51. The quantitative estimate of drug-likeness (QED) is 0.701. The van der Waals surface area contributed by atoms with E-state index in [9.17, 15) is 8.42 Å². The van der Waals surface area contributed by atoms with Crippen molar-refractivity contribution >= 4 is 10.0 Å². The zero-order valence-electron chi connectivity index (χ0n) is 14.3. The van der Waals surface area contributed by atoms with E-state index in [0.717, 1.165) is 16.7 Å². The van der Waals surface area contributed by atoms with Gasteiger partial charge < -0.3 is 4.52 Å². The van der Waals surface area contributed by atoms with Crippen LogP contribution in [0.15, 0.2) is 57.9 Å². The molecule has 6 nitrogen and oxygen atoms in total. The number of hydrogen-bond acceptors (Lipinski definition) is 5. The number of aromatic nitrogens is 2.